The predicted octanol–water partition coefficient (Wildman–Crippen LogP) is 3.48. The molecule has 1 fully saturated rings. The van der Waals surface area contributed by atoms with Crippen molar-refractivity contribution in [1.29, 1.82) is 0 Å². The van der Waals surface area contributed by atoms with E-state index in [9.17, 15) is 17.6 Å². The minimum Gasteiger partial charge on any atom is -0.380 e. The molecule has 3 rings (SSSR count). The highest BCUT2D eigenvalue weighted by molar-refractivity contribution is 6.67. The van der Waals surface area contributed by atoms with Crippen molar-refractivity contribution in [3.63, 3.8) is 0 Å². The van der Waals surface area contributed by atoms with Crippen molar-refractivity contribution in [3.05, 3.63) is 65.2 Å². The molecule has 1 aliphatic heterocycles. The Hall–Kier alpha value is -2.12. The molecular formula is C21H20BF4O2-. The molecule has 148 valence electrons. The molecule has 2 aromatic rings. The molecule has 0 amide bonds. The molecule has 0 spiro atoms. The van der Waals surface area contributed by atoms with Crippen molar-refractivity contribution in [1.82, 2.24) is 0 Å². The van der Waals surface area contributed by atoms with Crippen LogP contribution in [0.15, 0.2) is 30.8 Å². The molecule has 28 heavy (non-hydrogen) atoms. The van der Waals surface area contributed by atoms with Gasteiger partial charge in [0.1, 0.15) is 11.6 Å². The lowest BCUT2D eigenvalue weighted by atomic mass is 9.63. The summed E-state index contributed by atoms with van der Waals surface area (Å²) in [6.45, 7) is 6.21. The molecule has 1 saturated heterocycles. The SMILES string of the molecule is C=Cc1ccc([B-]c2c(F)c(F)c(COCC3(CC)COC3)c(F)c2F)cc1. The normalized spacial score (nSPS) is 15.3. The Kier molecular flexibility index (Phi) is 6.25. The lowest BCUT2D eigenvalue weighted by molar-refractivity contribution is -0.152. The van der Waals surface area contributed by atoms with Gasteiger partial charge < -0.3 is 9.47 Å². The van der Waals surface area contributed by atoms with Crippen molar-refractivity contribution in [2.45, 2.75) is 20.0 Å². The van der Waals surface area contributed by atoms with Gasteiger partial charge in [0.25, 0.3) is 0 Å². The van der Waals surface area contributed by atoms with Gasteiger partial charge in [0, 0.05) is 5.41 Å². The molecule has 0 aromatic heterocycles. The first kappa shape index (κ1) is 20.6. The highest BCUT2D eigenvalue weighted by Crippen LogP contribution is 2.32. The summed E-state index contributed by atoms with van der Waals surface area (Å²) in [7, 11) is 1.06. The lowest BCUT2D eigenvalue weighted by Crippen LogP contribution is -2.45. The third-order valence-electron chi connectivity index (χ3n) is 5.09. The first-order valence-corrected chi connectivity index (χ1v) is 8.98. The van der Waals surface area contributed by atoms with Gasteiger partial charge in [-0.05, 0) is 12.0 Å². The summed E-state index contributed by atoms with van der Waals surface area (Å²) in [6, 6.07) is 6.51. The van der Waals surface area contributed by atoms with Crippen LogP contribution in [0, 0.1) is 28.7 Å². The van der Waals surface area contributed by atoms with E-state index in [4.69, 9.17) is 9.47 Å². The molecule has 7 heteroatoms. The van der Waals surface area contributed by atoms with Crippen LogP contribution in [0.2, 0.25) is 0 Å². The van der Waals surface area contributed by atoms with E-state index < -0.39 is 40.9 Å². The Bertz CT molecular complexity index is 829. The second-order valence-corrected chi connectivity index (χ2v) is 7.00. The summed E-state index contributed by atoms with van der Waals surface area (Å²) < 4.78 is 68.2. The van der Waals surface area contributed by atoms with Gasteiger partial charge in [0.05, 0.1) is 32.0 Å². The van der Waals surface area contributed by atoms with Crippen LogP contribution >= 0.6 is 0 Å². The third-order valence-corrected chi connectivity index (χ3v) is 5.09. The number of ether oxygens (including phenoxy) is 2. The van der Waals surface area contributed by atoms with Gasteiger partial charge in [-0.1, -0.05) is 31.7 Å². The van der Waals surface area contributed by atoms with Crippen molar-refractivity contribution in [2.24, 2.45) is 5.41 Å². The first-order chi connectivity index (χ1) is 13.4. The van der Waals surface area contributed by atoms with Gasteiger partial charge in [-0.15, -0.1) is 12.1 Å². The van der Waals surface area contributed by atoms with E-state index >= 15 is 0 Å². The molecule has 2 aromatic carbocycles. The van der Waals surface area contributed by atoms with E-state index in [1.807, 2.05) is 6.92 Å². The molecule has 0 aliphatic carbocycles. The monoisotopic (exact) mass is 391 g/mol. The number of benzene rings is 2. The standard InChI is InChI=1S/C21H20BF4O2/c1-3-13-5-7-14(8-6-13)22-16-19(25)17(23)15(18(24)20(16)26)9-27-10-21(4-2)11-28-12-21/h3,5-8H,1,4,9-12H2,2H3/q-1. The maximum atomic E-state index is 14.4. The zero-order chi connectivity index (χ0) is 20.3. The Morgan fingerprint density at radius 3 is 2.14 bits per heavy atom. The second-order valence-electron chi connectivity index (χ2n) is 7.00. The third kappa shape index (κ3) is 4.01. The van der Waals surface area contributed by atoms with Gasteiger partial charge in [-0.25, -0.2) is 24.8 Å². The smallest absolute Gasteiger partial charge is 0.163 e. The van der Waals surface area contributed by atoms with Crippen LogP contribution in [0.1, 0.15) is 24.5 Å². The van der Waals surface area contributed by atoms with Crippen LogP contribution in [0.3, 0.4) is 0 Å². The van der Waals surface area contributed by atoms with E-state index in [1.54, 1.807) is 30.3 Å². The molecule has 2 nitrogen and oxygen atoms in total. The molecule has 2 radical (unpaired) electrons. The largest absolute Gasteiger partial charge is 0.380 e. The van der Waals surface area contributed by atoms with Crippen LogP contribution in [0.5, 0.6) is 0 Å². The Morgan fingerprint density at radius 2 is 1.68 bits per heavy atom. The average molecular weight is 391 g/mol. The fraction of sp³-hybridized carbons (Fsp3) is 0.333. The van der Waals surface area contributed by atoms with Gasteiger partial charge in [-0.3, -0.25) is 5.46 Å². The minimum absolute atomic E-state index is 0.199. The summed E-state index contributed by atoms with van der Waals surface area (Å²) in [5, 5.41) is 0. The maximum Gasteiger partial charge on any atom is 0.163 e. The van der Waals surface area contributed by atoms with Gasteiger partial charge >= 0.3 is 0 Å². The van der Waals surface area contributed by atoms with Crippen molar-refractivity contribution >= 4 is 24.3 Å². The van der Waals surface area contributed by atoms with Crippen molar-refractivity contribution in [2.75, 3.05) is 19.8 Å². The van der Waals surface area contributed by atoms with E-state index in [-0.39, 0.29) is 12.0 Å². The quantitative estimate of drug-likeness (QED) is 0.390. The first-order valence-electron chi connectivity index (χ1n) is 8.98. The van der Waals surface area contributed by atoms with E-state index in [1.165, 1.54) is 0 Å². The highest BCUT2D eigenvalue weighted by Gasteiger charge is 2.37. The molecular weight excluding hydrogens is 371 g/mol. The van der Waals surface area contributed by atoms with Crippen LogP contribution in [0.4, 0.5) is 17.6 Å². The van der Waals surface area contributed by atoms with Crippen molar-refractivity contribution in [3.8, 4) is 0 Å². The summed E-state index contributed by atoms with van der Waals surface area (Å²) in [5.41, 5.74) is -0.496. The summed E-state index contributed by atoms with van der Waals surface area (Å²) >= 11 is 0. The van der Waals surface area contributed by atoms with Crippen LogP contribution in [-0.4, -0.2) is 27.1 Å². The lowest BCUT2D eigenvalue weighted by Gasteiger charge is -2.40. The van der Waals surface area contributed by atoms with Crippen LogP contribution in [-0.2, 0) is 16.1 Å². The number of hydrogen-bond acceptors (Lipinski definition) is 2. The Labute approximate surface area is 162 Å². The Morgan fingerprint density at radius 1 is 1.07 bits per heavy atom. The molecule has 0 atom stereocenters. The maximum absolute atomic E-state index is 14.4. The number of rotatable bonds is 8. The predicted molar refractivity (Wildman–Crippen MR) is 101 cm³/mol. The van der Waals surface area contributed by atoms with Gasteiger partial charge in [0.15, 0.2) is 11.6 Å². The van der Waals surface area contributed by atoms with Crippen LogP contribution < -0.4 is 10.9 Å². The summed E-state index contributed by atoms with van der Waals surface area (Å²) in [5.74, 6) is -5.77. The Balaban J connectivity index is 1.79. The van der Waals surface area contributed by atoms with Gasteiger partial charge in [-0.2, -0.15) is 5.46 Å². The number of hydrogen-bond donors (Lipinski definition) is 0. The number of halogens is 4. The molecule has 0 N–H and O–H groups in total. The van der Waals surface area contributed by atoms with Crippen LogP contribution in [0.25, 0.3) is 6.08 Å². The molecule has 0 unspecified atom stereocenters. The molecule has 0 bridgehead atoms. The highest BCUT2D eigenvalue weighted by atomic mass is 19.2. The topological polar surface area (TPSA) is 18.5 Å². The van der Waals surface area contributed by atoms with E-state index in [0.29, 0.717) is 18.7 Å². The second kappa shape index (κ2) is 8.49. The van der Waals surface area contributed by atoms with E-state index in [0.717, 1.165) is 19.3 Å². The fourth-order valence-electron chi connectivity index (χ4n) is 2.99. The average Bonchev–Trinajstić information content (AvgIpc) is 2.68. The zero-order valence-corrected chi connectivity index (χ0v) is 15.5. The molecule has 1 heterocycles. The summed E-state index contributed by atoms with van der Waals surface area (Å²) in [4.78, 5) is 0. The zero-order valence-electron chi connectivity index (χ0n) is 15.5. The van der Waals surface area contributed by atoms with E-state index in [2.05, 4.69) is 6.58 Å². The minimum atomic E-state index is -1.44. The van der Waals surface area contributed by atoms with Gasteiger partial charge in [0.2, 0.25) is 0 Å². The fourth-order valence-corrected chi connectivity index (χ4v) is 2.99. The molecule has 0 saturated carbocycles. The van der Waals surface area contributed by atoms with Crippen molar-refractivity contribution < 1.29 is 27.0 Å². The molecule has 1 aliphatic rings. The summed E-state index contributed by atoms with van der Waals surface area (Å²) in [6.07, 6.45) is 2.39.